The van der Waals surface area contributed by atoms with Crippen LogP contribution < -0.4 is 0 Å². The van der Waals surface area contributed by atoms with E-state index in [9.17, 15) is 5.11 Å². The molecular formula is C18H26N2O2. The number of fused-ring (bicyclic) bond motifs is 1. The lowest BCUT2D eigenvalue weighted by atomic mass is 9.98. The highest BCUT2D eigenvalue weighted by Crippen LogP contribution is 2.21. The van der Waals surface area contributed by atoms with Crippen LogP contribution >= 0.6 is 0 Å². The molecule has 0 radical (unpaired) electrons. The highest BCUT2D eigenvalue weighted by molar-refractivity contribution is 5.75. The molecule has 0 aliphatic heterocycles. The number of aromatic nitrogens is 2. The summed E-state index contributed by atoms with van der Waals surface area (Å²) in [5.41, 5.74) is 2.09. The Hall–Kier alpha value is -1.39. The molecule has 1 aromatic heterocycles. The number of imidazole rings is 1. The van der Waals surface area contributed by atoms with Gasteiger partial charge in [-0.15, -0.1) is 0 Å². The van der Waals surface area contributed by atoms with Gasteiger partial charge in [0, 0.05) is 6.42 Å². The first-order valence-corrected chi connectivity index (χ1v) is 8.51. The van der Waals surface area contributed by atoms with Crippen molar-refractivity contribution >= 4 is 11.0 Å². The summed E-state index contributed by atoms with van der Waals surface area (Å²) in [6.45, 7) is 3.07. The quantitative estimate of drug-likeness (QED) is 0.890. The van der Waals surface area contributed by atoms with Crippen molar-refractivity contribution in [3.05, 3.63) is 30.1 Å². The molecule has 1 fully saturated rings. The van der Waals surface area contributed by atoms with E-state index in [4.69, 9.17) is 4.74 Å². The van der Waals surface area contributed by atoms with Gasteiger partial charge >= 0.3 is 0 Å². The molecular weight excluding hydrogens is 276 g/mol. The van der Waals surface area contributed by atoms with E-state index in [1.54, 1.807) is 0 Å². The van der Waals surface area contributed by atoms with Gasteiger partial charge in [0.25, 0.3) is 0 Å². The summed E-state index contributed by atoms with van der Waals surface area (Å²) in [5.74, 6) is 1.03. The number of hydrogen-bond donors (Lipinski definition) is 1. The molecule has 0 amide bonds. The van der Waals surface area contributed by atoms with Crippen LogP contribution in [-0.2, 0) is 17.7 Å². The van der Waals surface area contributed by atoms with Gasteiger partial charge in [0.2, 0.25) is 0 Å². The first-order chi connectivity index (χ1) is 10.8. The maximum atomic E-state index is 10.4. The van der Waals surface area contributed by atoms with Crippen LogP contribution in [0.4, 0.5) is 0 Å². The third kappa shape index (κ3) is 3.50. The van der Waals surface area contributed by atoms with Crippen molar-refractivity contribution in [2.75, 3.05) is 6.61 Å². The number of nitrogens with zero attached hydrogens (tertiary/aromatic N) is 2. The summed E-state index contributed by atoms with van der Waals surface area (Å²) >= 11 is 0. The lowest BCUT2D eigenvalue weighted by molar-refractivity contribution is -0.0282. The monoisotopic (exact) mass is 302 g/mol. The highest BCUT2D eigenvalue weighted by atomic mass is 16.5. The Balaban J connectivity index is 1.64. The van der Waals surface area contributed by atoms with Crippen LogP contribution in [0.2, 0.25) is 0 Å². The third-order valence-corrected chi connectivity index (χ3v) is 4.52. The number of aryl methyl sites for hydroxylation is 1. The topological polar surface area (TPSA) is 47.3 Å². The molecule has 1 aromatic carbocycles. The first-order valence-electron chi connectivity index (χ1n) is 8.51. The van der Waals surface area contributed by atoms with Crippen molar-refractivity contribution in [1.29, 1.82) is 0 Å². The van der Waals surface area contributed by atoms with Crippen molar-refractivity contribution in [1.82, 2.24) is 9.55 Å². The van der Waals surface area contributed by atoms with Crippen molar-refractivity contribution in [3.8, 4) is 0 Å². The molecule has 1 aliphatic rings. The van der Waals surface area contributed by atoms with E-state index in [-0.39, 0.29) is 0 Å². The van der Waals surface area contributed by atoms with Gasteiger partial charge in [-0.2, -0.15) is 0 Å². The van der Waals surface area contributed by atoms with Crippen LogP contribution in [0.5, 0.6) is 0 Å². The minimum absolute atomic E-state index is 0.341. The fraction of sp³-hybridized carbons (Fsp3) is 0.611. The zero-order valence-corrected chi connectivity index (χ0v) is 13.4. The molecule has 0 bridgehead atoms. The Morgan fingerprint density at radius 2 is 2.05 bits per heavy atom. The van der Waals surface area contributed by atoms with Crippen LogP contribution in [0.3, 0.4) is 0 Å². The van der Waals surface area contributed by atoms with Crippen molar-refractivity contribution < 1.29 is 9.84 Å². The largest absolute Gasteiger partial charge is 0.389 e. The molecule has 120 valence electrons. The molecule has 2 aromatic rings. The number of ether oxygens (including phenoxy) is 1. The molecule has 4 heteroatoms. The Morgan fingerprint density at radius 3 is 2.82 bits per heavy atom. The summed E-state index contributed by atoms with van der Waals surface area (Å²) in [6, 6.07) is 8.11. The molecule has 0 spiro atoms. The Morgan fingerprint density at radius 1 is 1.27 bits per heavy atom. The molecule has 0 saturated heterocycles. The highest BCUT2D eigenvalue weighted by Gasteiger charge is 2.17. The van der Waals surface area contributed by atoms with Gasteiger partial charge in [-0.25, -0.2) is 4.98 Å². The Labute approximate surface area is 132 Å². The molecule has 1 N–H and O–H groups in total. The average molecular weight is 302 g/mol. The van der Waals surface area contributed by atoms with E-state index in [1.165, 1.54) is 19.3 Å². The molecule has 3 rings (SSSR count). The van der Waals surface area contributed by atoms with E-state index >= 15 is 0 Å². The number of aliphatic hydroxyl groups is 1. The number of aliphatic hydroxyl groups excluding tert-OH is 1. The second-order valence-electron chi connectivity index (χ2n) is 6.23. The van der Waals surface area contributed by atoms with Crippen LogP contribution in [0.15, 0.2) is 24.3 Å². The van der Waals surface area contributed by atoms with Gasteiger partial charge in [0.15, 0.2) is 0 Å². The van der Waals surface area contributed by atoms with Crippen LogP contribution in [0, 0.1) is 0 Å². The van der Waals surface area contributed by atoms with Gasteiger partial charge < -0.3 is 14.4 Å². The van der Waals surface area contributed by atoms with Crippen molar-refractivity contribution in [2.45, 2.75) is 64.2 Å². The first kappa shape index (κ1) is 15.5. The third-order valence-electron chi connectivity index (χ3n) is 4.52. The summed E-state index contributed by atoms with van der Waals surface area (Å²) in [7, 11) is 0. The van der Waals surface area contributed by atoms with E-state index in [1.807, 2.05) is 18.2 Å². The van der Waals surface area contributed by atoms with Gasteiger partial charge in [-0.3, -0.25) is 0 Å². The maximum Gasteiger partial charge on any atom is 0.109 e. The van der Waals surface area contributed by atoms with E-state index < -0.39 is 6.10 Å². The van der Waals surface area contributed by atoms with E-state index in [0.717, 1.165) is 36.1 Å². The fourth-order valence-electron chi connectivity index (χ4n) is 3.34. The normalized spacial score (nSPS) is 17.9. The van der Waals surface area contributed by atoms with Gasteiger partial charge in [-0.1, -0.05) is 38.3 Å². The van der Waals surface area contributed by atoms with Crippen molar-refractivity contribution in [2.24, 2.45) is 0 Å². The molecule has 4 nitrogen and oxygen atoms in total. The standard InChI is InChI=1S/C18H26N2O2/c1-2-18-19-16-10-6-7-11-17(16)20(18)12-14(21)13-22-15-8-4-3-5-9-15/h6-7,10-11,14-15,21H,2-5,8-9,12-13H2,1H3. The number of rotatable bonds is 6. The molecule has 1 unspecified atom stereocenters. The van der Waals surface area contributed by atoms with E-state index in [0.29, 0.717) is 19.3 Å². The predicted molar refractivity (Wildman–Crippen MR) is 87.9 cm³/mol. The summed E-state index contributed by atoms with van der Waals surface area (Å²) < 4.78 is 8.02. The van der Waals surface area contributed by atoms with Crippen molar-refractivity contribution in [3.63, 3.8) is 0 Å². The van der Waals surface area contributed by atoms with E-state index in [2.05, 4.69) is 22.5 Å². The summed E-state index contributed by atoms with van der Waals surface area (Å²) in [5, 5.41) is 10.4. The molecule has 1 atom stereocenters. The van der Waals surface area contributed by atoms with Gasteiger partial charge in [0.1, 0.15) is 5.82 Å². The Bertz CT molecular complexity index is 602. The van der Waals surface area contributed by atoms with Crippen LogP contribution in [0.1, 0.15) is 44.9 Å². The number of benzene rings is 1. The molecule has 1 saturated carbocycles. The SMILES string of the molecule is CCc1nc2ccccc2n1CC(O)COC1CCCCC1. The zero-order chi connectivity index (χ0) is 15.4. The second-order valence-corrected chi connectivity index (χ2v) is 6.23. The van der Waals surface area contributed by atoms with Crippen LogP contribution in [-0.4, -0.2) is 33.5 Å². The average Bonchev–Trinajstić information content (AvgIpc) is 2.92. The molecule has 1 heterocycles. The predicted octanol–water partition coefficient (Wildman–Crippen LogP) is 3.31. The zero-order valence-electron chi connectivity index (χ0n) is 13.4. The second kappa shape index (κ2) is 7.25. The van der Waals surface area contributed by atoms with Gasteiger partial charge in [0.05, 0.1) is 36.4 Å². The summed E-state index contributed by atoms with van der Waals surface area (Å²) in [6.07, 6.45) is 6.84. The lowest BCUT2D eigenvalue weighted by Gasteiger charge is -2.23. The molecule has 22 heavy (non-hydrogen) atoms. The maximum absolute atomic E-state index is 10.4. The lowest BCUT2D eigenvalue weighted by Crippen LogP contribution is -2.27. The fourth-order valence-corrected chi connectivity index (χ4v) is 3.34. The summed E-state index contributed by atoms with van der Waals surface area (Å²) in [4.78, 5) is 4.65. The Kier molecular flexibility index (Phi) is 5.11. The van der Waals surface area contributed by atoms with Gasteiger partial charge in [-0.05, 0) is 25.0 Å². The minimum Gasteiger partial charge on any atom is -0.389 e. The number of para-hydroxylation sites is 2. The minimum atomic E-state index is -0.482. The molecule has 1 aliphatic carbocycles. The smallest absolute Gasteiger partial charge is 0.109 e. The number of hydrogen-bond acceptors (Lipinski definition) is 3. The van der Waals surface area contributed by atoms with Crippen LogP contribution in [0.25, 0.3) is 11.0 Å².